The van der Waals surface area contributed by atoms with Gasteiger partial charge in [-0.1, -0.05) is 65.0 Å². The number of hydrogen-bond acceptors (Lipinski definition) is 6. The van der Waals surface area contributed by atoms with E-state index in [4.69, 9.17) is 9.97 Å². The number of carbonyl (C=O) groups excluding carboxylic acids is 1. The van der Waals surface area contributed by atoms with Crippen molar-refractivity contribution in [3.8, 4) is 5.95 Å². The number of amides is 1. The first-order valence-electron chi connectivity index (χ1n) is 11.1. The minimum Gasteiger partial charge on any atom is -0.350 e. The zero-order valence-corrected chi connectivity index (χ0v) is 19.7. The second-order valence-corrected chi connectivity index (χ2v) is 9.48. The molecule has 2 N–H and O–H groups in total. The van der Waals surface area contributed by atoms with Crippen molar-refractivity contribution in [1.29, 1.82) is 0 Å². The van der Waals surface area contributed by atoms with Gasteiger partial charge in [-0.3, -0.25) is 9.36 Å². The summed E-state index contributed by atoms with van der Waals surface area (Å²) in [5, 5.41) is 10.6. The highest BCUT2D eigenvalue weighted by Crippen LogP contribution is 2.27. The van der Waals surface area contributed by atoms with Gasteiger partial charge in [-0.25, -0.2) is 9.67 Å². The van der Waals surface area contributed by atoms with Crippen molar-refractivity contribution in [3.05, 3.63) is 54.4 Å². The number of anilines is 2. The summed E-state index contributed by atoms with van der Waals surface area (Å²) in [6.07, 6.45) is 3.55. The number of imidazole rings is 1. The van der Waals surface area contributed by atoms with Crippen LogP contribution in [0.25, 0.3) is 17.1 Å². The standard InChI is InChI=1S/C24H30N8O/c1-16(2)15-31-20-18(27-23(31)32-13-9-12-26-32)19(28-21(33)24(3,4)5)29-22(30-20)25-14-17-10-7-6-8-11-17/h6-13,16H,14-15H2,1-5H3,(H2,25,28,29,30,33). The maximum absolute atomic E-state index is 12.8. The molecule has 0 radical (unpaired) electrons. The van der Waals surface area contributed by atoms with Gasteiger partial charge in [-0.05, 0) is 17.5 Å². The maximum atomic E-state index is 12.8. The Morgan fingerprint density at radius 2 is 1.82 bits per heavy atom. The summed E-state index contributed by atoms with van der Waals surface area (Å²) < 4.78 is 3.73. The first kappa shape index (κ1) is 22.4. The molecule has 1 aromatic carbocycles. The number of rotatable bonds is 7. The van der Waals surface area contributed by atoms with Crippen LogP contribution in [-0.4, -0.2) is 35.2 Å². The molecule has 9 nitrogen and oxygen atoms in total. The van der Waals surface area contributed by atoms with Crippen LogP contribution in [-0.2, 0) is 17.9 Å². The van der Waals surface area contributed by atoms with Crippen molar-refractivity contribution in [2.45, 2.75) is 47.7 Å². The molecule has 172 valence electrons. The van der Waals surface area contributed by atoms with Crippen LogP contribution in [0.5, 0.6) is 0 Å². The molecule has 0 aliphatic heterocycles. The highest BCUT2D eigenvalue weighted by atomic mass is 16.2. The van der Waals surface area contributed by atoms with Gasteiger partial charge >= 0.3 is 0 Å². The molecule has 0 atom stereocenters. The third kappa shape index (κ3) is 5.02. The first-order valence-corrected chi connectivity index (χ1v) is 11.1. The van der Waals surface area contributed by atoms with Crippen molar-refractivity contribution < 1.29 is 4.79 Å². The number of nitrogens with zero attached hydrogens (tertiary/aromatic N) is 6. The molecule has 3 aromatic heterocycles. The van der Waals surface area contributed by atoms with Crippen LogP contribution in [0.15, 0.2) is 48.8 Å². The van der Waals surface area contributed by atoms with Crippen LogP contribution in [0.3, 0.4) is 0 Å². The largest absolute Gasteiger partial charge is 0.350 e. The molecular weight excluding hydrogens is 416 g/mol. The molecule has 4 aromatic rings. The molecule has 0 saturated heterocycles. The number of nitrogens with one attached hydrogen (secondary N) is 2. The molecule has 4 rings (SSSR count). The molecule has 0 spiro atoms. The molecule has 33 heavy (non-hydrogen) atoms. The lowest BCUT2D eigenvalue weighted by atomic mass is 9.96. The first-order chi connectivity index (χ1) is 15.7. The van der Waals surface area contributed by atoms with E-state index in [0.29, 0.717) is 47.9 Å². The van der Waals surface area contributed by atoms with Gasteiger partial charge in [-0.15, -0.1) is 0 Å². The van der Waals surface area contributed by atoms with Crippen molar-refractivity contribution in [2.24, 2.45) is 11.3 Å². The summed E-state index contributed by atoms with van der Waals surface area (Å²) in [4.78, 5) is 27.0. The number of benzene rings is 1. The molecule has 3 heterocycles. The lowest BCUT2D eigenvalue weighted by Gasteiger charge is -2.18. The summed E-state index contributed by atoms with van der Waals surface area (Å²) in [6.45, 7) is 11.1. The fourth-order valence-electron chi connectivity index (χ4n) is 3.32. The molecule has 0 unspecified atom stereocenters. The Balaban J connectivity index is 1.83. The minimum absolute atomic E-state index is 0.143. The van der Waals surface area contributed by atoms with Crippen molar-refractivity contribution >= 4 is 28.8 Å². The lowest BCUT2D eigenvalue weighted by molar-refractivity contribution is -0.123. The van der Waals surface area contributed by atoms with Gasteiger partial charge in [-0.2, -0.15) is 15.1 Å². The molecule has 9 heteroatoms. The Bertz CT molecular complexity index is 1240. The van der Waals surface area contributed by atoms with E-state index < -0.39 is 5.41 Å². The predicted molar refractivity (Wildman–Crippen MR) is 129 cm³/mol. The van der Waals surface area contributed by atoms with E-state index in [-0.39, 0.29) is 5.91 Å². The van der Waals surface area contributed by atoms with Gasteiger partial charge in [0.05, 0.1) is 0 Å². The lowest BCUT2D eigenvalue weighted by Crippen LogP contribution is -2.28. The Labute approximate surface area is 193 Å². The topological polar surface area (TPSA) is 103 Å². The number of aromatic nitrogens is 6. The summed E-state index contributed by atoms with van der Waals surface area (Å²) >= 11 is 0. The van der Waals surface area contributed by atoms with Gasteiger partial charge in [0.1, 0.15) is 0 Å². The quantitative estimate of drug-likeness (QED) is 0.440. The number of fused-ring (bicyclic) bond motifs is 1. The Morgan fingerprint density at radius 3 is 2.45 bits per heavy atom. The maximum Gasteiger partial charge on any atom is 0.233 e. The summed E-state index contributed by atoms with van der Waals surface area (Å²) in [5.74, 6) is 1.64. The molecule has 0 aliphatic carbocycles. The Hall–Kier alpha value is -3.75. The van der Waals surface area contributed by atoms with Gasteiger partial charge in [0.15, 0.2) is 17.0 Å². The fraction of sp³-hybridized carbons (Fsp3) is 0.375. The van der Waals surface area contributed by atoms with E-state index >= 15 is 0 Å². The smallest absolute Gasteiger partial charge is 0.233 e. The minimum atomic E-state index is -0.583. The summed E-state index contributed by atoms with van der Waals surface area (Å²) in [7, 11) is 0. The third-order valence-corrected chi connectivity index (χ3v) is 5.04. The third-order valence-electron chi connectivity index (χ3n) is 5.04. The van der Waals surface area contributed by atoms with Crippen LogP contribution >= 0.6 is 0 Å². The average Bonchev–Trinajstić information content (AvgIpc) is 3.41. The average molecular weight is 447 g/mol. The molecule has 0 aliphatic rings. The zero-order valence-electron chi connectivity index (χ0n) is 19.7. The monoisotopic (exact) mass is 446 g/mol. The van der Waals surface area contributed by atoms with Gasteiger partial charge in [0, 0.05) is 30.9 Å². The Morgan fingerprint density at radius 1 is 1.06 bits per heavy atom. The van der Waals surface area contributed by atoms with Gasteiger partial charge in [0.2, 0.25) is 17.8 Å². The normalized spacial score (nSPS) is 11.8. The van der Waals surface area contributed by atoms with Crippen molar-refractivity contribution in [2.75, 3.05) is 10.6 Å². The molecule has 1 amide bonds. The van der Waals surface area contributed by atoms with E-state index in [2.05, 4.69) is 34.6 Å². The van der Waals surface area contributed by atoms with Gasteiger partial charge < -0.3 is 10.6 Å². The molecule has 0 saturated carbocycles. The van der Waals surface area contributed by atoms with E-state index in [0.717, 1.165) is 5.56 Å². The van der Waals surface area contributed by atoms with Crippen LogP contribution in [0.2, 0.25) is 0 Å². The van der Waals surface area contributed by atoms with Crippen LogP contribution in [0, 0.1) is 11.3 Å². The Kier molecular flexibility index (Phi) is 6.13. The van der Waals surface area contributed by atoms with E-state index in [9.17, 15) is 4.79 Å². The van der Waals surface area contributed by atoms with E-state index in [1.54, 1.807) is 10.9 Å². The highest BCUT2D eigenvalue weighted by molar-refractivity contribution is 6.00. The van der Waals surface area contributed by atoms with E-state index in [1.165, 1.54) is 0 Å². The summed E-state index contributed by atoms with van der Waals surface area (Å²) in [6, 6.07) is 11.9. The SMILES string of the molecule is CC(C)Cn1c(-n2cccn2)nc2c(NC(=O)C(C)(C)C)nc(NCc3ccccc3)nc21. The zero-order chi connectivity index (χ0) is 23.6. The fourth-order valence-corrected chi connectivity index (χ4v) is 3.32. The van der Waals surface area contributed by atoms with E-state index in [1.807, 2.05) is 67.9 Å². The molecule has 0 bridgehead atoms. The van der Waals surface area contributed by atoms with Crippen molar-refractivity contribution in [3.63, 3.8) is 0 Å². The van der Waals surface area contributed by atoms with Gasteiger partial charge in [0.25, 0.3) is 0 Å². The van der Waals surface area contributed by atoms with Crippen LogP contribution in [0.4, 0.5) is 11.8 Å². The second kappa shape index (κ2) is 9.01. The summed E-state index contributed by atoms with van der Waals surface area (Å²) in [5.41, 5.74) is 1.70. The second-order valence-electron chi connectivity index (χ2n) is 9.48. The van der Waals surface area contributed by atoms with Crippen molar-refractivity contribution in [1.82, 2.24) is 29.3 Å². The number of hydrogen-bond donors (Lipinski definition) is 2. The van der Waals surface area contributed by atoms with Crippen LogP contribution in [0.1, 0.15) is 40.2 Å². The van der Waals surface area contributed by atoms with Crippen LogP contribution < -0.4 is 10.6 Å². The predicted octanol–water partition coefficient (Wildman–Crippen LogP) is 4.26. The highest BCUT2D eigenvalue weighted by Gasteiger charge is 2.25. The molecule has 0 fully saturated rings. The number of carbonyl (C=O) groups is 1. The molecular formula is C24H30N8O.